The Bertz CT molecular complexity index is 602. The van der Waals surface area contributed by atoms with E-state index >= 15 is 0 Å². The average molecular weight is 344 g/mol. The van der Waals surface area contributed by atoms with E-state index in [9.17, 15) is 22.8 Å². The minimum absolute atomic E-state index is 0.145. The maximum absolute atomic E-state index is 12.5. The van der Waals surface area contributed by atoms with E-state index in [0.29, 0.717) is 26.1 Å². The number of hydrogen-bond acceptors (Lipinski definition) is 3. The molecule has 1 aliphatic heterocycles. The van der Waals surface area contributed by atoms with E-state index in [1.807, 2.05) is 4.90 Å². The lowest BCUT2D eigenvalue weighted by Gasteiger charge is -2.18. The molecule has 2 unspecified atom stereocenters. The van der Waals surface area contributed by atoms with Gasteiger partial charge < -0.3 is 10.4 Å². The van der Waals surface area contributed by atoms with Gasteiger partial charge in [-0.2, -0.15) is 13.2 Å². The highest BCUT2D eigenvalue weighted by Gasteiger charge is 2.30. The van der Waals surface area contributed by atoms with Crippen molar-refractivity contribution in [3.05, 3.63) is 35.4 Å². The van der Waals surface area contributed by atoms with Crippen LogP contribution in [0.15, 0.2) is 24.3 Å². The zero-order chi connectivity index (χ0) is 17.9. The number of carboxylic acids is 1. The first-order valence-electron chi connectivity index (χ1n) is 7.58. The molecule has 2 N–H and O–H groups in total. The van der Waals surface area contributed by atoms with Gasteiger partial charge in [0.1, 0.15) is 5.92 Å². The van der Waals surface area contributed by atoms with Gasteiger partial charge in [-0.3, -0.25) is 14.5 Å². The number of likely N-dealkylation sites (tertiary alicyclic amines) is 1. The number of aliphatic carboxylic acids is 1. The zero-order valence-corrected chi connectivity index (χ0v) is 13.1. The van der Waals surface area contributed by atoms with Crippen LogP contribution in [0.25, 0.3) is 0 Å². The molecule has 2 rings (SSSR count). The highest BCUT2D eigenvalue weighted by atomic mass is 19.4. The quantitative estimate of drug-likeness (QED) is 0.803. The smallest absolute Gasteiger partial charge is 0.416 e. The Kier molecular flexibility index (Phi) is 5.48. The van der Waals surface area contributed by atoms with E-state index in [-0.39, 0.29) is 6.04 Å². The van der Waals surface area contributed by atoms with E-state index in [0.717, 1.165) is 17.7 Å². The lowest BCUT2D eigenvalue weighted by Crippen LogP contribution is -2.41. The van der Waals surface area contributed by atoms with Crippen molar-refractivity contribution in [3.63, 3.8) is 0 Å². The molecule has 1 saturated heterocycles. The van der Waals surface area contributed by atoms with Crippen LogP contribution in [0.3, 0.4) is 0 Å². The number of nitrogens with one attached hydrogen (secondary N) is 1. The topological polar surface area (TPSA) is 69.6 Å². The van der Waals surface area contributed by atoms with Gasteiger partial charge in [0.15, 0.2) is 0 Å². The molecular weight excluding hydrogens is 325 g/mol. The normalized spacial score (nSPS) is 19.9. The van der Waals surface area contributed by atoms with Crippen LogP contribution in [0.2, 0.25) is 0 Å². The molecule has 132 valence electrons. The lowest BCUT2D eigenvalue weighted by molar-refractivity contribution is -0.146. The van der Waals surface area contributed by atoms with Crippen LogP contribution in [-0.2, 0) is 22.3 Å². The summed E-state index contributed by atoms with van der Waals surface area (Å²) in [5.41, 5.74) is 0.0781. The van der Waals surface area contributed by atoms with Gasteiger partial charge in [-0.25, -0.2) is 0 Å². The van der Waals surface area contributed by atoms with E-state index in [1.54, 1.807) is 0 Å². The van der Waals surface area contributed by atoms with Gasteiger partial charge >= 0.3 is 12.1 Å². The second-order valence-electron chi connectivity index (χ2n) is 5.98. The van der Waals surface area contributed by atoms with E-state index in [1.165, 1.54) is 19.1 Å². The summed E-state index contributed by atoms with van der Waals surface area (Å²) in [6.07, 6.45) is -3.67. The van der Waals surface area contributed by atoms with Gasteiger partial charge in [-0.1, -0.05) is 12.1 Å². The molecule has 1 fully saturated rings. The molecule has 5 nitrogen and oxygen atoms in total. The summed E-state index contributed by atoms with van der Waals surface area (Å²) in [7, 11) is 0. The van der Waals surface area contributed by atoms with Crippen LogP contribution >= 0.6 is 0 Å². The van der Waals surface area contributed by atoms with Crippen LogP contribution in [-0.4, -0.2) is 41.0 Å². The van der Waals surface area contributed by atoms with Crippen molar-refractivity contribution < 1.29 is 27.9 Å². The van der Waals surface area contributed by atoms with Crippen LogP contribution in [0.4, 0.5) is 13.2 Å². The number of benzene rings is 1. The summed E-state index contributed by atoms with van der Waals surface area (Å²) >= 11 is 0. The number of carbonyl (C=O) groups excluding carboxylic acids is 1. The van der Waals surface area contributed by atoms with Gasteiger partial charge in [0.2, 0.25) is 5.91 Å². The first kappa shape index (κ1) is 18.3. The lowest BCUT2D eigenvalue weighted by atomic mass is 10.1. The van der Waals surface area contributed by atoms with Crippen LogP contribution < -0.4 is 5.32 Å². The predicted molar refractivity (Wildman–Crippen MR) is 80.1 cm³/mol. The third-order valence-electron chi connectivity index (χ3n) is 4.07. The molecule has 0 aromatic heterocycles. The number of halogens is 3. The molecule has 1 aromatic rings. The summed E-state index contributed by atoms with van der Waals surface area (Å²) in [6.45, 7) is 3.04. The standard InChI is InChI=1S/C16H19F3N2O3/c1-10(15(23)24)14(22)20-13-6-7-21(9-13)8-11-2-4-12(5-3-11)16(17,18)19/h2-5,10,13H,6-9H2,1H3,(H,20,22)(H,23,24). The molecule has 1 aromatic carbocycles. The third kappa shape index (κ3) is 4.70. The first-order valence-corrected chi connectivity index (χ1v) is 7.58. The molecule has 0 radical (unpaired) electrons. The fourth-order valence-corrected chi connectivity index (χ4v) is 2.59. The third-order valence-corrected chi connectivity index (χ3v) is 4.07. The molecule has 1 amide bonds. The van der Waals surface area contributed by atoms with Gasteiger partial charge in [0, 0.05) is 25.7 Å². The fraction of sp³-hybridized carbons (Fsp3) is 0.500. The highest BCUT2D eigenvalue weighted by Crippen LogP contribution is 2.29. The van der Waals surface area contributed by atoms with Gasteiger partial charge in [-0.05, 0) is 31.0 Å². The Morgan fingerprint density at radius 1 is 1.33 bits per heavy atom. The summed E-state index contributed by atoms with van der Waals surface area (Å²) in [4.78, 5) is 24.5. The monoisotopic (exact) mass is 344 g/mol. The average Bonchev–Trinajstić information content (AvgIpc) is 2.93. The summed E-state index contributed by atoms with van der Waals surface area (Å²) < 4.78 is 37.6. The fourth-order valence-electron chi connectivity index (χ4n) is 2.59. The molecule has 0 aliphatic carbocycles. The highest BCUT2D eigenvalue weighted by molar-refractivity contribution is 5.96. The number of alkyl halides is 3. The molecule has 8 heteroatoms. The summed E-state index contributed by atoms with van der Waals surface area (Å²) in [5, 5.41) is 11.5. The largest absolute Gasteiger partial charge is 0.481 e. The maximum atomic E-state index is 12.5. The minimum atomic E-state index is -4.34. The van der Waals surface area contributed by atoms with Gasteiger partial charge in [-0.15, -0.1) is 0 Å². The second kappa shape index (κ2) is 7.21. The number of rotatable bonds is 5. The van der Waals surface area contributed by atoms with Crippen molar-refractivity contribution in [2.24, 2.45) is 5.92 Å². The van der Waals surface area contributed by atoms with Gasteiger partial charge in [0.05, 0.1) is 5.56 Å². The van der Waals surface area contributed by atoms with Crippen LogP contribution in [0.5, 0.6) is 0 Å². The Morgan fingerprint density at radius 3 is 2.50 bits per heavy atom. The number of amides is 1. The Hall–Kier alpha value is -2.09. The van der Waals surface area contributed by atoms with E-state index in [4.69, 9.17) is 5.11 Å². The number of carbonyl (C=O) groups is 2. The molecule has 0 saturated carbocycles. The summed E-state index contributed by atoms with van der Waals surface area (Å²) in [5.74, 6) is -2.80. The van der Waals surface area contributed by atoms with Crippen molar-refractivity contribution in [2.75, 3.05) is 13.1 Å². The molecule has 2 atom stereocenters. The van der Waals surface area contributed by atoms with Gasteiger partial charge in [0.25, 0.3) is 0 Å². The van der Waals surface area contributed by atoms with Crippen molar-refractivity contribution in [1.29, 1.82) is 0 Å². The maximum Gasteiger partial charge on any atom is 0.416 e. The minimum Gasteiger partial charge on any atom is -0.481 e. The van der Waals surface area contributed by atoms with Crippen molar-refractivity contribution >= 4 is 11.9 Å². The Balaban J connectivity index is 1.86. The van der Waals surface area contributed by atoms with Crippen molar-refractivity contribution in [3.8, 4) is 0 Å². The molecule has 1 aliphatic rings. The van der Waals surface area contributed by atoms with Crippen LogP contribution in [0, 0.1) is 5.92 Å². The zero-order valence-electron chi connectivity index (χ0n) is 13.1. The molecule has 0 spiro atoms. The van der Waals surface area contributed by atoms with Crippen molar-refractivity contribution in [1.82, 2.24) is 10.2 Å². The van der Waals surface area contributed by atoms with E-state index < -0.39 is 29.5 Å². The van der Waals surface area contributed by atoms with E-state index in [2.05, 4.69) is 5.32 Å². The Morgan fingerprint density at radius 2 is 1.96 bits per heavy atom. The molecule has 0 bridgehead atoms. The number of carboxylic acid groups (broad SMARTS) is 1. The van der Waals surface area contributed by atoms with Crippen LogP contribution in [0.1, 0.15) is 24.5 Å². The van der Waals surface area contributed by atoms with Crippen molar-refractivity contribution in [2.45, 2.75) is 32.1 Å². The molecule has 1 heterocycles. The Labute approximate surface area is 137 Å². The SMILES string of the molecule is CC(C(=O)O)C(=O)NC1CCN(Cc2ccc(C(F)(F)F)cc2)C1. The molecule has 24 heavy (non-hydrogen) atoms. The number of hydrogen-bond donors (Lipinski definition) is 2. The molecular formula is C16H19F3N2O3. The first-order chi connectivity index (χ1) is 11.2. The summed E-state index contributed by atoms with van der Waals surface area (Å²) in [6, 6.07) is 4.86. The predicted octanol–water partition coefficient (Wildman–Crippen LogP) is 2.12. The second-order valence-corrected chi connectivity index (χ2v) is 5.98. The number of nitrogens with zero attached hydrogens (tertiary/aromatic N) is 1.